The van der Waals surface area contributed by atoms with E-state index in [1.807, 2.05) is 6.07 Å². The molecule has 2 nitrogen and oxygen atoms in total. The predicted molar refractivity (Wildman–Crippen MR) is 59.5 cm³/mol. The van der Waals surface area contributed by atoms with Crippen LogP contribution >= 0.6 is 0 Å². The van der Waals surface area contributed by atoms with Crippen molar-refractivity contribution in [2.45, 2.75) is 19.8 Å². The molecule has 3 rings (SSSR count). The maximum absolute atomic E-state index is 5.89. The maximum Gasteiger partial charge on any atom is 0.0417 e. The molecule has 1 heterocycles. The van der Waals surface area contributed by atoms with Crippen LogP contribution in [0.2, 0.25) is 0 Å². The molecular formula is C12H16N2. The molecular weight excluding hydrogens is 172 g/mol. The monoisotopic (exact) mass is 188 g/mol. The summed E-state index contributed by atoms with van der Waals surface area (Å²) in [6, 6.07) is 6.21. The summed E-state index contributed by atoms with van der Waals surface area (Å²) in [4.78, 5) is 2.46. The van der Waals surface area contributed by atoms with Crippen LogP contribution in [0.1, 0.15) is 18.4 Å². The van der Waals surface area contributed by atoms with Gasteiger partial charge in [0, 0.05) is 29.9 Å². The Morgan fingerprint density at radius 2 is 2.00 bits per heavy atom. The third kappa shape index (κ3) is 1.03. The molecule has 0 amide bonds. The minimum atomic E-state index is 0.719. The van der Waals surface area contributed by atoms with Crippen LogP contribution in [-0.4, -0.2) is 13.1 Å². The number of hydrogen-bond acceptors (Lipinski definition) is 2. The number of hydrogen-bond donors (Lipinski definition) is 1. The van der Waals surface area contributed by atoms with Gasteiger partial charge < -0.3 is 10.6 Å². The largest absolute Gasteiger partial charge is 0.398 e. The number of benzene rings is 1. The van der Waals surface area contributed by atoms with Crippen molar-refractivity contribution in [1.82, 2.24) is 0 Å². The highest BCUT2D eigenvalue weighted by molar-refractivity contribution is 5.65. The molecule has 1 aliphatic carbocycles. The van der Waals surface area contributed by atoms with Crippen molar-refractivity contribution in [2.24, 2.45) is 5.41 Å². The second kappa shape index (κ2) is 2.44. The third-order valence-electron chi connectivity index (χ3n) is 3.70. The Morgan fingerprint density at radius 1 is 1.29 bits per heavy atom. The molecule has 0 bridgehead atoms. The second-order valence-electron chi connectivity index (χ2n) is 4.85. The molecule has 0 radical (unpaired) electrons. The van der Waals surface area contributed by atoms with E-state index < -0.39 is 0 Å². The molecule has 1 aliphatic heterocycles. The third-order valence-corrected chi connectivity index (χ3v) is 3.70. The van der Waals surface area contributed by atoms with E-state index in [1.165, 1.54) is 37.2 Å². The van der Waals surface area contributed by atoms with E-state index in [2.05, 4.69) is 24.0 Å². The van der Waals surface area contributed by atoms with E-state index in [4.69, 9.17) is 5.73 Å². The fourth-order valence-electron chi connectivity index (χ4n) is 2.41. The molecule has 14 heavy (non-hydrogen) atoms. The minimum absolute atomic E-state index is 0.719. The van der Waals surface area contributed by atoms with Gasteiger partial charge in [-0.3, -0.25) is 0 Å². The van der Waals surface area contributed by atoms with E-state index in [0.29, 0.717) is 0 Å². The van der Waals surface area contributed by atoms with Gasteiger partial charge in [0.25, 0.3) is 0 Å². The van der Waals surface area contributed by atoms with Gasteiger partial charge in [-0.05, 0) is 37.5 Å². The van der Waals surface area contributed by atoms with Crippen LogP contribution in [0, 0.1) is 12.3 Å². The number of nitrogens with two attached hydrogens (primary N) is 1. The smallest absolute Gasteiger partial charge is 0.0417 e. The van der Waals surface area contributed by atoms with Gasteiger partial charge >= 0.3 is 0 Å². The van der Waals surface area contributed by atoms with Crippen LogP contribution in [-0.2, 0) is 0 Å². The average Bonchev–Trinajstić information content (AvgIpc) is 2.87. The van der Waals surface area contributed by atoms with E-state index in [9.17, 15) is 0 Å². The quantitative estimate of drug-likeness (QED) is 0.684. The van der Waals surface area contributed by atoms with E-state index >= 15 is 0 Å². The average molecular weight is 188 g/mol. The molecule has 1 spiro atoms. The van der Waals surface area contributed by atoms with Gasteiger partial charge in [0.1, 0.15) is 0 Å². The Labute approximate surface area is 84.7 Å². The van der Waals surface area contributed by atoms with Crippen molar-refractivity contribution in [1.29, 1.82) is 0 Å². The molecule has 74 valence electrons. The lowest BCUT2D eigenvalue weighted by Gasteiger charge is -2.42. The van der Waals surface area contributed by atoms with Gasteiger partial charge in [-0.1, -0.05) is 6.07 Å². The second-order valence-corrected chi connectivity index (χ2v) is 4.85. The maximum atomic E-state index is 5.89. The van der Waals surface area contributed by atoms with Gasteiger partial charge in [0.05, 0.1) is 0 Å². The zero-order valence-electron chi connectivity index (χ0n) is 8.59. The van der Waals surface area contributed by atoms with Crippen molar-refractivity contribution in [3.63, 3.8) is 0 Å². The minimum Gasteiger partial charge on any atom is -0.398 e. The lowest BCUT2D eigenvalue weighted by molar-refractivity contribution is 0.387. The summed E-state index contributed by atoms with van der Waals surface area (Å²) in [6.45, 7) is 4.61. The van der Waals surface area contributed by atoms with Gasteiger partial charge in [-0.15, -0.1) is 0 Å². The first-order valence-electron chi connectivity index (χ1n) is 5.30. The van der Waals surface area contributed by atoms with Crippen molar-refractivity contribution in [2.75, 3.05) is 23.7 Å². The summed E-state index contributed by atoms with van der Waals surface area (Å²) >= 11 is 0. The van der Waals surface area contributed by atoms with E-state index in [0.717, 1.165) is 11.1 Å². The standard InChI is InChI=1S/C12H16N2/c1-9-10(13)3-2-4-11(9)14-7-12(8-14)5-6-12/h2-4H,5-8,13H2,1H3. The van der Waals surface area contributed by atoms with Crippen LogP contribution < -0.4 is 10.6 Å². The lowest BCUT2D eigenvalue weighted by atomic mass is 9.95. The molecule has 0 atom stereocenters. The zero-order chi connectivity index (χ0) is 9.76. The van der Waals surface area contributed by atoms with Crippen LogP contribution in [0.5, 0.6) is 0 Å². The fourth-order valence-corrected chi connectivity index (χ4v) is 2.41. The summed E-state index contributed by atoms with van der Waals surface area (Å²) < 4.78 is 0. The summed E-state index contributed by atoms with van der Waals surface area (Å²) in [6.07, 6.45) is 2.87. The number of rotatable bonds is 1. The molecule has 2 fully saturated rings. The van der Waals surface area contributed by atoms with Crippen LogP contribution in [0.3, 0.4) is 0 Å². The molecule has 1 saturated heterocycles. The van der Waals surface area contributed by atoms with Crippen LogP contribution in [0.25, 0.3) is 0 Å². The first-order valence-corrected chi connectivity index (χ1v) is 5.30. The highest BCUT2D eigenvalue weighted by Gasteiger charge is 2.52. The lowest BCUT2D eigenvalue weighted by Crippen LogP contribution is -2.48. The summed E-state index contributed by atoms with van der Waals surface area (Å²) in [5, 5.41) is 0. The zero-order valence-corrected chi connectivity index (χ0v) is 8.59. The van der Waals surface area contributed by atoms with Crippen LogP contribution in [0.15, 0.2) is 18.2 Å². The van der Waals surface area contributed by atoms with Crippen molar-refractivity contribution < 1.29 is 0 Å². The molecule has 0 aromatic heterocycles. The van der Waals surface area contributed by atoms with Gasteiger partial charge in [0.15, 0.2) is 0 Å². The number of nitrogens with zero attached hydrogens (tertiary/aromatic N) is 1. The van der Waals surface area contributed by atoms with Crippen molar-refractivity contribution in [3.05, 3.63) is 23.8 Å². The predicted octanol–water partition coefficient (Wildman–Crippen LogP) is 2.18. The Kier molecular flexibility index (Phi) is 1.42. The molecule has 1 aromatic carbocycles. The molecule has 1 aromatic rings. The van der Waals surface area contributed by atoms with Gasteiger partial charge in [-0.2, -0.15) is 0 Å². The summed E-state index contributed by atoms with van der Waals surface area (Å²) in [7, 11) is 0. The SMILES string of the molecule is Cc1c(N)cccc1N1CC2(CC2)C1. The number of nitrogen functional groups attached to an aromatic ring is 1. The first kappa shape index (κ1) is 8.16. The molecule has 2 aliphatic rings. The Morgan fingerprint density at radius 3 is 2.64 bits per heavy atom. The highest BCUT2D eigenvalue weighted by atomic mass is 15.2. The van der Waals surface area contributed by atoms with Crippen molar-refractivity contribution in [3.8, 4) is 0 Å². The number of anilines is 2. The van der Waals surface area contributed by atoms with Gasteiger partial charge in [-0.25, -0.2) is 0 Å². The molecule has 1 saturated carbocycles. The van der Waals surface area contributed by atoms with Gasteiger partial charge in [0.2, 0.25) is 0 Å². The molecule has 0 unspecified atom stereocenters. The topological polar surface area (TPSA) is 29.3 Å². The fraction of sp³-hybridized carbons (Fsp3) is 0.500. The first-order chi connectivity index (χ1) is 6.70. The summed E-state index contributed by atoms with van der Waals surface area (Å²) in [5.41, 5.74) is 10.1. The Hall–Kier alpha value is -1.18. The normalized spacial score (nSPS) is 22.2. The summed E-state index contributed by atoms with van der Waals surface area (Å²) in [5.74, 6) is 0. The van der Waals surface area contributed by atoms with Crippen LogP contribution in [0.4, 0.5) is 11.4 Å². The van der Waals surface area contributed by atoms with E-state index in [1.54, 1.807) is 0 Å². The highest BCUT2D eigenvalue weighted by Crippen LogP contribution is 2.54. The van der Waals surface area contributed by atoms with E-state index in [-0.39, 0.29) is 0 Å². The molecule has 2 heteroatoms. The Balaban J connectivity index is 1.86. The van der Waals surface area contributed by atoms with Crippen molar-refractivity contribution >= 4 is 11.4 Å². The Bertz CT molecular complexity index is 372. The molecule has 2 N–H and O–H groups in total.